The number of aromatic nitrogens is 2. The number of H-pyrrole nitrogens is 1. The van der Waals surface area contributed by atoms with Crippen LogP contribution in [-0.2, 0) is 11.2 Å². The standard InChI is InChI=1S/C19H17N3OS/c1-12-6-8-16-17(10-12)24-19(21-16)22-18(23)9-7-13-11-20-15-5-3-2-4-14(13)15/h2-6,8,10-11,20H,7,9H2,1H3,(H,21,22,23). The molecule has 0 spiro atoms. The normalized spacial score (nSPS) is 11.2. The second kappa shape index (κ2) is 6.09. The lowest BCUT2D eigenvalue weighted by molar-refractivity contribution is -0.116. The minimum atomic E-state index is -0.00365. The van der Waals surface area contributed by atoms with Crippen LogP contribution in [0.25, 0.3) is 21.1 Å². The number of nitrogens with one attached hydrogen (secondary N) is 2. The average Bonchev–Trinajstić information content (AvgIpc) is 3.16. The fourth-order valence-electron chi connectivity index (χ4n) is 2.85. The van der Waals surface area contributed by atoms with Crippen molar-refractivity contribution < 1.29 is 4.79 Å². The Morgan fingerprint density at radius 3 is 3.04 bits per heavy atom. The number of fused-ring (bicyclic) bond motifs is 2. The molecular weight excluding hydrogens is 318 g/mol. The second-order valence-corrected chi connectivity index (χ2v) is 6.93. The van der Waals surface area contributed by atoms with Gasteiger partial charge in [0.1, 0.15) is 0 Å². The summed E-state index contributed by atoms with van der Waals surface area (Å²) in [5.41, 5.74) is 4.40. The third kappa shape index (κ3) is 2.90. The van der Waals surface area contributed by atoms with Gasteiger partial charge in [0.2, 0.25) is 5.91 Å². The number of aromatic amines is 1. The number of hydrogen-bond donors (Lipinski definition) is 2. The second-order valence-electron chi connectivity index (χ2n) is 5.90. The molecule has 0 fully saturated rings. The summed E-state index contributed by atoms with van der Waals surface area (Å²) in [6.07, 6.45) is 3.13. The van der Waals surface area contributed by atoms with Crippen molar-refractivity contribution in [1.82, 2.24) is 9.97 Å². The van der Waals surface area contributed by atoms with Crippen LogP contribution in [0.2, 0.25) is 0 Å². The van der Waals surface area contributed by atoms with Crippen LogP contribution in [-0.4, -0.2) is 15.9 Å². The molecule has 24 heavy (non-hydrogen) atoms. The number of thiazole rings is 1. The maximum atomic E-state index is 12.2. The zero-order valence-corrected chi connectivity index (χ0v) is 14.1. The summed E-state index contributed by atoms with van der Waals surface area (Å²) in [7, 11) is 0. The van der Waals surface area contributed by atoms with E-state index in [0.717, 1.165) is 15.7 Å². The van der Waals surface area contributed by atoms with Crippen LogP contribution in [0, 0.1) is 6.92 Å². The van der Waals surface area contributed by atoms with Gasteiger partial charge in [-0.2, -0.15) is 0 Å². The molecule has 2 N–H and O–H groups in total. The molecule has 0 aliphatic rings. The third-order valence-electron chi connectivity index (χ3n) is 4.09. The Labute approximate surface area is 143 Å². The van der Waals surface area contributed by atoms with E-state index in [1.54, 1.807) is 0 Å². The molecular formula is C19H17N3OS. The molecule has 2 aromatic heterocycles. The highest BCUT2D eigenvalue weighted by molar-refractivity contribution is 7.22. The Morgan fingerprint density at radius 2 is 2.12 bits per heavy atom. The van der Waals surface area contributed by atoms with E-state index in [2.05, 4.69) is 34.3 Å². The largest absolute Gasteiger partial charge is 0.361 e. The highest BCUT2D eigenvalue weighted by Crippen LogP contribution is 2.27. The van der Waals surface area contributed by atoms with Crippen molar-refractivity contribution in [3.8, 4) is 0 Å². The van der Waals surface area contributed by atoms with Crippen LogP contribution in [0.1, 0.15) is 17.5 Å². The van der Waals surface area contributed by atoms with Gasteiger partial charge in [0.15, 0.2) is 5.13 Å². The van der Waals surface area contributed by atoms with Crippen LogP contribution >= 0.6 is 11.3 Å². The van der Waals surface area contributed by atoms with E-state index in [-0.39, 0.29) is 5.91 Å². The first-order chi connectivity index (χ1) is 11.7. The lowest BCUT2D eigenvalue weighted by atomic mass is 10.1. The molecule has 0 atom stereocenters. The number of aryl methyl sites for hydroxylation is 2. The number of hydrogen-bond acceptors (Lipinski definition) is 3. The Kier molecular flexibility index (Phi) is 3.78. The lowest BCUT2D eigenvalue weighted by Gasteiger charge is -2.01. The molecule has 4 aromatic rings. The van der Waals surface area contributed by atoms with E-state index >= 15 is 0 Å². The van der Waals surface area contributed by atoms with Gasteiger partial charge in [-0.3, -0.25) is 4.79 Å². The number of nitrogens with zero attached hydrogens (tertiary/aromatic N) is 1. The molecule has 0 radical (unpaired) electrons. The molecule has 4 rings (SSSR count). The summed E-state index contributed by atoms with van der Waals surface area (Å²) >= 11 is 1.52. The van der Waals surface area contributed by atoms with Crippen molar-refractivity contribution >= 4 is 43.5 Å². The van der Waals surface area contributed by atoms with Gasteiger partial charge in [-0.25, -0.2) is 4.98 Å². The van der Waals surface area contributed by atoms with Crippen LogP contribution < -0.4 is 5.32 Å². The smallest absolute Gasteiger partial charge is 0.226 e. The van der Waals surface area contributed by atoms with E-state index < -0.39 is 0 Å². The van der Waals surface area contributed by atoms with Gasteiger partial charge in [0.05, 0.1) is 10.2 Å². The molecule has 5 heteroatoms. The lowest BCUT2D eigenvalue weighted by Crippen LogP contribution is -2.11. The van der Waals surface area contributed by atoms with Crippen LogP contribution in [0.15, 0.2) is 48.7 Å². The zero-order valence-electron chi connectivity index (χ0n) is 13.3. The SMILES string of the molecule is Cc1ccc2nc(NC(=O)CCc3c[nH]c4ccccc34)sc2c1. The van der Waals surface area contributed by atoms with Gasteiger partial charge in [-0.1, -0.05) is 35.6 Å². The van der Waals surface area contributed by atoms with Crippen LogP contribution in [0.5, 0.6) is 0 Å². The fraction of sp³-hybridized carbons (Fsp3) is 0.158. The van der Waals surface area contributed by atoms with Gasteiger partial charge in [-0.15, -0.1) is 0 Å². The molecule has 0 aliphatic heterocycles. The van der Waals surface area contributed by atoms with Gasteiger partial charge in [0, 0.05) is 23.5 Å². The first-order valence-corrected chi connectivity index (χ1v) is 8.73. The third-order valence-corrected chi connectivity index (χ3v) is 5.02. The summed E-state index contributed by atoms with van der Waals surface area (Å²) in [6.45, 7) is 2.05. The summed E-state index contributed by atoms with van der Waals surface area (Å²) in [5, 5.41) is 4.77. The van der Waals surface area contributed by atoms with E-state index in [1.807, 2.05) is 36.5 Å². The van der Waals surface area contributed by atoms with Gasteiger partial charge >= 0.3 is 0 Å². The van der Waals surface area contributed by atoms with Crippen LogP contribution in [0.3, 0.4) is 0 Å². The molecule has 4 nitrogen and oxygen atoms in total. The Balaban J connectivity index is 1.44. The fourth-order valence-corrected chi connectivity index (χ4v) is 3.83. The van der Waals surface area contributed by atoms with Crippen molar-refractivity contribution in [2.24, 2.45) is 0 Å². The maximum absolute atomic E-state index is 12.2. The molecule has 0 saturated heterocycles. The molecule has 2 aromatic carbocycles. The monoisotopic (exact) mass is 335 g/mol. The van der Waals surface area contributed by atoms with Crippen molar-refractivity contribution in [3.63, 3.8) is 0 Å². The Bertz CT molecular complexity index is 1030. The summed E-state index contributed by atoms with van der Waals surface area (Å²) in [6, 6.07) is 14.3. The maximum Gasteiger partial charge on any atom is 0.226 e. The van der Waals surface area contributed by atoms with Crippen molar-refractivity contribution in [3.05, 3.63) is 59.8 Å². The van der Waals surface area contributed by atoms with E-state index in [4.69, 9.17) is 0 Å². The minimum absolute atomic E-state index is 0.00365. The molecule has 0 unspecified atom stereocenters. The van der Waals surface area contributed by atoms with Crippen molar-refractivity contribution in [1.29, 1.82) is 0 Å². The molecule has 1 amide bonds. The Morgan fingerprint density at radius 1 is 1.25 bits per heavy atom. The first-order valence-electron chi connectivity index (χ1n) is 7.91. The summed E-state index contributed by atoms with van der Waals surface area (Å²) in [4.78, 5) is 19.9. The number of amides is 1. The van der Waals surface area contributed by atoms with Gasteiger partial charge in [-0.05, 0) is 42.7 Å². The van der Waals surface area contributed by atoms with Gasteiger partial charge < -0.3 is 10.3 Å². The Hall–Kier alpha value is -2.66. The number of rotatable bonds is 4. The minimum Gasteiger partial charge on any atom is -0.361 e. The predicted molar refractivity (Wildman–Crippen MR) is 99.6 cm³/mol. The highest BCUT2D eigenvalue weighted by Gasteiger charge is 2.10. The predicted octanol–water partition coefficient (Wildman–Crippen LogP) is 4.66. The van der Waals surface area contributed by atoms with Crippen LogP contribution in [0.4, 0.5) is 5.13 Å². The topological polar surface area (TPSA) is 57.8 Å². The number of benzene rings is 2. The number of para-hydroxylation sites is 1. The van der Waals surface area contributed by atoms with E-state index in [1.165, 1.54) is 27.8 Å². The van der Waals surface area contributed by atoms with E-state index in [9.17, 15) is 4.79 Å². The number of anilines is 1. The first kappa shape index (κ1) is 14.9. The number of carbonyl (C=O) groups excluding carboxylic acids is 1. The molecule has 2 heterocycles. The average molecular weight is 335 g/mol. The quantitative estimate of drug-likeness (QED) is 0.570. The molecule has 0 aliphatic carbocycles. The molecule has 0 bridgehead atoms. The zero-order chi connectivity index (χ0) is 16.5. The summed E-state index contributed by atoms with van der Waals surface area (Å²) in [5.74, 6) is -0.00365. The number of carbonyl (C=O) groups is 1. The highest BCUT2D eigenvalue weighted by atomic mass is 32.1. The van der Waals surface area contributed by atoms with Crippen molar-refractivity contribution in [2.75, 3.05) is 5.32 Å². The molecule has 0 saturated carbocycles. The van der Waals surface area contributed by atoms with Crippen molar-refractivity contribution in [2.45, 2.75) is 19.8 Å². The van der Waals surface area contributed by atoms with E-state index in [0.29, 0.717) is 18.0 Å². The molecule has 120 valence electrons. The summed E-state index contributed by atoms with van der Waals surface area (Å²) < 4.78 is 1.10. The van der Waals surface area contributed by atoms with Gasteiger partial charge in [0.25, 0.3) is 0 Å².